The van der Waals surface area contributed by atoms with E-state index in [0.29, 0.717) is 36.3 Å². The Morgan fingerprint density at radius 3 is 2.58 bits per heavy atom. The van der Waals surface area contributed by atoms with Crippen molar-refractivity contribution in [1.29, 1.82) is 0 Å². The zero-order valence-electron chi connectivity index (χ0n) is 10.6. The SMILES string of the molecule is COc1ccccc1NC(=O)C1=C(C(=O)O)CCC1. The molecule has 1 aliphatic carbocycles. The molecular formula is C14H15NO4. The van der Waals surface area contributed by atoms with Crippen molar-refractivity contribution in [3.05, 3.63) is 35.4 Å². The van der Waals surface area contributed by atoms with E-state index < -0.39 is 5.97 Å². The van der Waals surface area contributed by atoms with Gasteiger partial charge in [-0.3, -0.25) is 4.79 Å². The van der Waals surface area contributed by atoms with Gasteiger partial charge in [0.1, 0.15) is 5.75 Å². The predicted octanol–water partition coefficient (Wildman–Crippen LogP) is 2.20. The van der Waals surface area contributed by atoms with E-state index in [0.717, 1.165) is 0 Å². The number of methoxy groups -OCH3 is 1. The van der Waals surface area contributed by atoms with E-state index in [-0.39, 0.29) is 11.5 Å². The van der Waals surface area contributed by atoms with Crippen LogP contribution in [0.3, 0.4) is 0 Å². The van der Waals surface area contributed by atoms with Crippen LogP contribution in [-0.2, 0) is 9.59 Å². The lowest BCUT2D eigenvalue weighted by Gasteiger charge is -2.10. The topological polar surface area (TPSA) is 75.6 Å². The van der Waals surface area contributed by atoms with Gasteiger partial charge in [-0.15, -0.1) is 0 Å². The molecule has 2 N–H and O–H groups in total. The van der Waals surface area contributed by atoms with Crippen LogP contribution >= 0.6 is 0 Å². The summed E-state index contributed by atoms with van der Waals surface area (Å²) in [4.78, 5) is 23.1. The highest BCUT2D eigenvalue weighted by Crippen LogP contribution is 2.29. The van der Waals surface area contributed by atoms with Crippen LogP contribution in [0, 0.1) is 0 Å². The Kier molecular flexibility index (Phi) is 3.85. The fraction of sp³-hybridized carbons (Fsp3) is 0.286. The van der Waals surface area contributed by atoms with Gasteiger partial charge in [0.25, 0.3) is 5.91 Å². The summed E-state index contributed by atoms with van der Waals surface area (Å²) in [7, 11) is 1.52. The Hall–Kier alpha value is -2.30. The summed E-state index contributed by atoms with van der Waals surface area (Å²) in [6, 6.07) is 7.02. The van der Waals surface area contributed by atoms with Gasteiger partial charge in [-0.1, -0.05) is 12.1 Å². The number of nitrogens with one attached hydrogen (secondary N) is 1. The van der Waals surface area contributed by atoms with Crippen molar-refractivity contribution in [3.8, 4) is 5.75 Å². The first kappa shape index (κ1) is 13.1. The lowest BCUT2D eigenvalue weighted by Crippen LogP contribution is -2.16. The fourth-order valence-corrected chi connectivity index (χ4v) is 2.18. The minimum absolute atomic E-state index is 0.215. The summed E-state index contributed by atoms with van der Waals surface area (Å²) in [6.07, 6.45) is 1.66. The maximum atomic E-state index is 12.1. The summed E-state index contributed by atoms with van der Waals surface area (Å²) in [6.45, 7) is 0. The van der Waals surface area contributed by atoms with Crippen molar-refractivity contribution in [2.45, 2.75) is 19.3 Å². The molecule has 2 rings (SSSR count). The highest BCUT2D eigenvalue weighted by Gasteiger charge is 2.25. The molecule has 0 bridgehead atoms. The van der Waals surface area contributed by atoms with Crippen LogP contribution in [0.25, 0.3) is 0 Å². The first-order valence-corrected chi connectivity index (χ1v) is 6.03. The quantitative estimate of drug-likeness (QED) is 0.871. The molecule has 0 heterocycles. The maximum absolute atomic E-state index is 12.1. The number of anilines is 1. The van der Waals surface area contributed by atoms with Gasteiger partial charge in [-0.2, -0.15) is 0 Å². The molecule has 1 aromatic rings. The number of hydrogen-bond donors (Lipinski definition) is 2. The third-order valence-electron chi connectivity index (χ3n) is 3.11. The van der Waals surface area contributed by atoms with Crippen LogP contribution in [0.15, 0.2) is 35.4 Å². The molecule has 5 nitrogen and oxygen atoms in total. The molecule has 1 aromatic carbocycles. The van der Waals surface area contributed by atoms with Crippen molar-refractivity contribution < 1.29 is 19.4 Å². The molecule has 0 radical (unpaired) electrons. The lowest BCUT2D eigenvalue weighted by molar-refractivity contribution is -0.133. The molecule has 5 heteroatoms. The highest BCUT2D eigenvalue weighted by atomic mass is 16.5. The van der Waals surface area contributed by atoms with Gasteiger partial charge in [0.15, 0.2) is 0 Å². The van der Waals surface area contributed by atoms with Gasteiger partial charge in [0.05, 0.1) is 12.8 Å². The molecule has 0 fully saturated rings. The van der Waals surface area contributed by atoms with Crippen LogP contribution in [0.5, 0.6) is 5.75 Å². The summed E-state index contributed by atoms with van der Waals surface area (Å²) >= 11 is 0. The smallest absolute Gasteiger partial charge is 0.332 e. The molecular weight excluding hydrogens is 246 g/mol. The molecule has 0 aliphatic heterocycles. The first-order valence-electron chi connectivity index (χ1n) is 6.03. The number of rotatable bonds is 4. The molecule has 0 saturated carbocycles. The Labute approximate surface area is 110 Å². The van der Waals surface area contributed by atoms with E-state index in [1.807, 2.05) is 0 Å². The number of ether oxygens (including phenoxy) is 1. The number of carboxylic acid groups (broad SMARTS) is 1. The molecule has 1 aliphatic rings. The second kappa shape index (κ2) is 5.56. The number of para-hydroxylation sites is 2. The Balaban J connectivity index is 2.22. The zero-order valence-corrected chi connectivity index (χ0v) is 10.6. The molecule has 0 aromatic heterocycles. The maximum Gasteiger partial charge on any atom is 0.332 e. The number of carboxylic acids is 1. The van der Waals surface area contributed by atoms with Gasteiger partial charge in [0.2, 0.25) is 0 Å². The van der Waals surface area contributed by atoms with Gasteiger partial charge in [-0.05, 0) is 31.4 Å². The number of aliphatic carboxylic acids is 1. The van der Waals surface area contributed by atoms with Crippen molar-refractivity contribution >= 4 is 17.6 Å². The second-order valence-corrected chi connectivity index (χ2v) is 4.27. The zero-order chi connectivity index (χ0) is 13.8. The first-order chi connectivity index (χ1) is 9.13. The van der Waals surface area contributed by atoms with Gasteiger partial charge in [0, 0.05) is 11.1 Å². The minimum atomic E-state index is -1.01. The average Bonchev–Trinajstić information content (AvgIpc) is 2.88. The third-order valence-corrected chi connectivity index (χ3v) is 3.11. The van der Waals surface area contributed by atoms with E-state index in [4.69, 9.17) is 9.84 Å². The average molecular weight is 261 g/mol. The van der Waals surface area contributed by atoms with Crippen LogP contribution in [-0.4, -0.2) is 24.1 Å². The van der Waals surface area contributed by atoms with E-state index >= 15 is 0 Å². The lowest BCUT2D eigenvalue weighted by atomic mass is 10.1. The molecule has 100 valence electrons. The monoisotopic (exact) mass is 261 g/mol. The molecule has 19 heavy (non-hydrogen) atoms. The number of benzene rings is 1. The van der Waals surface area contributed by atoms with Gasteiger partial charge < -0.3 is 15.2 Å². The summed E-state index contributed by atoms with van der Waals surface area (Å²) in [5.74, 6) is -0.826. The minimum Gasteiger partial charge on any atom is -0.495 e. The number of hydrogen-bond acceptors (Lipinski definition) is 3. The van der Waals surface area contributed by atoms with Crippen molar-refractivity contribution in [1.82, 2.24) is 0 Å². The molecule has 1 amide bonds. The van der Waals surface area contributed by atoms with Crippen LogP contribution < -0.4 is 10.1 Å². The number of carbonyl (C=O) groups is 2. The normalized spacial score (nSPS) is 14.4. The Morgan fingerprint density at radius 2 is 1.89 bits per heavy atom. The van der Waals surface area contributed by atoms with E-state index in [1.54, 1.807) is 24.3 Å². The number of carbonyl (C=O) groups excluding carboxylic acids is 1. The molecule has 0 saturated heterocycles. The summed E-state index contributed by atoms with van der Waals surface area (Å²) in [5, 5.41) is 11.7. The van der Waals surface area contributed by atoms with Gasteiger partial charge >= 0.3 is 5.97 Å². The second-order valence-electron chi connectivity index (χ2n) is 4.27. The van der Waals surface area contributed by atoms with Crippen molar-refractivity contribution in [2.75, 3.05) is 12.4 Å². The Bertz CT molecular complexity index is 548. The van der Waals surface area contributed by atoms with Crippen LogP contribution in [0.1, 0.15) is 19.3 Å². The van der Waals surface area contributed by atoms with Crippen LogP contribution in [0.2, 0.25) is 0 Å². The fourth-order valence-electron chi connectivity index (χ4n) is 2.18. The molecule has 0 atom stereocenters. The van der Waals surface area contributed by atoms with Crippen molar-refractivity contribution in [3.63, 3.8) is 0 Å². The van der Waals surface area contributed by atoms with E-state index in [2.05, 4.69) is 5.32 Å². The highest BCUT2D eigenvalue weighted by molar-refractivity contribution is 6.09. The standard InChI is InChI=1S/C14H15NO4/c1-19-12-8-3-2-7-11(12)15-13(16)9-5-4-6-10(9)14(17)18/h2-3,7-8H,4-6H2,1H3,(H,15,16)(H,17,18). The third kappa shape index (κ3) is 2.76. The van der Waals surface area contributed by atoms with E-state index in [1.165, 1.54) is 7.11 Å². The van der Waals surface area contributed by atoms with E-state index in [9.17, 15) is 9.59 Å². The molecule has 0 unspecified atom stereocenters. The largest absolute Gasteiger partial charge is 0.495 e. The summed E-state index contributed by atoms with van der Waals surface area (Å²) < 4.78 is 5.14. The number of amides is 1. The van der Waals surface area contributed by atoms with Crippen molar-refractivity contribution in [2.24, 2.45) is 0 Å². The Morgan fingerprint density at radius 1 is 1.21 bits per heavy atom. The van der Waals surface area contributed by atoms with Crippen LogP contribution in [0.4, 0.5) is 5.69 Å². The predicted molar refractivity (Wildman–Crippen MR) is 70.1 cm³/mol. The summed E-state index contributed by atoms with van der Waals surface area (Å²) in [5.41, 5.74) is 1.12. The van der Waals surface area contributed by atoms with Gasteiger partial charge in [-0.25, -0.2) is 4.79 Å². The molecule has 0 spiro atoms.